The van der Waals surface area contributed by atoms with E-state index in [1.54, 1.807) is 31.3 Å². The summed E-state index contributed by atoms with van der Waals surface area (Å²) in [6.45, 7) is 0. The number of carbonyl (C=O) groups is 1. The summed E-state index contributed by atoms with van der Waals surface area (Å²) in [7, 11) is 2.98. The van der Waals surface area contributed by atoms with Crippen LogP contribution in [-0.4, -0.2) is 35.9 Å². The third-order valence-electron chi connectivity index (χ3n) is 3.36. The number of aryl methyl sites for hydroxylation is 2. The van der Waals surface area contributed by atoms with Crippen molar-refractivity contribution in [3.05, 3.63) is 50.4 Å². The molecular formula is C14H11Cl2N7O2. The molecule has 0 saturated carbocycles. The molecule has 1 amide bonds. The molecule has 25 heavy (non-hydrogen) atoms. The molecule has 2 heterocycles. The van der Waals surface area contributed by atoms with Crippen LogP contribution in [0, 0.1) is 0 Å². The minimum absolute atomic E-state index is 0.0852. The van der Waals surface area contributed by atoms with Gasteiger partial charge in [-0.3, -0.25) is 14.9 Å². The van der Waals surface area contributed by atoms with Gasteiger partial charge in [0.1, 0.15) is 0 Å². The van der Waals surface area contributed by atoms with E-state index in [-0.39, 0.29) is 22.2 Å². The third kappa shape index (κ3) is 3.24. The Balaban J connectivity index is 2.11. The number of carbonyl (C=O) groups excluding carboxylic acids is 1. The molecule has 0 bridgehead atoms. The molecule has 1 aromatic carbocycles. The summed E-state index contributed by atoms with van der Waals surface area (Å²) in [5.41, 5.74) is 0.0173. The van der Waals surface area contributed by atoms with Crippen LogP contribution in [0.2, 0.25) is 10.0 Å². The fraction of sp³-hybridized carbons (Fsp3) is 0.143. The van der Waals surface area contributed by atoms with E-state index >= 15 is 0 Å². The lowest BCUT2D eigenvalue weighted by atomic mass is 10.1. The van der Waals surface area contributed by atoms with Crippen LogP contribution in [-0.2, 0) is 14.1 Å². The lowest BCUT2D eigenvalue weighted by molar-refractivity contribution is 0.101. The van der Waals surface area contributed by atoms with Gasteiger partial charge >= 0.3 is 0 Å². The highest BCUT2D eigenvalue weighted by molar-refractivity contribution is 6.36. The maximum absolute atomic E-state index is 12.5. The standard InChI is InChI=1S/C14H11Cl2N7O2/c1-22-13(25)9(7-4-3-5-8(15)6-7)10(16)11(19-22)12(24)17-14-18-20-21-23(14)2/h3-6H,1-2H3,(H,17,18,21,24). The first-order valence-corrected chi connectivity index (χ1v) is 7.70. The Morgan fingerprint density at radius 1 is 1.20 bits per heavy atom. The van der Waals surface area contributed by atoms with Gasteiger partial charge in [-0.15, -0.1) is 0 Å². The van der Waals surface area contributed by atoms with Crippen molar-refractivity contribution in [3.63, 3.8) is 0 Å². The fourth-order valence-electron chi connectivity index (χ4n) is 2.15. The molecule has 2 aromatic heterocycles. The smallest absolute Gasteiger partial charge is 0.280 e. The normalized spacial score (nSPS) is 10.7. The highest BCUT2D eigenvalue weighted by Gasteiger charge is 2.22. The second-order valence-electron chi connectivity index (χ2n) is 5.06. The van der Waals surface area contributed by atoms with Crippen LogP contribution >= 0.6 is 23.2 Å². The lowest BCUT2D eigenvalue weighted by Crippen LogP contribution is -2.27. The van der Waals surface area contributed by atoms with Crippen LogP contribution in [0.15, 0.2) is 29.1 Å². The zero-order valence-corrected chi connectivity index (χ0v) is 14.6. The highest BCUT2D eigenvalue weighted by atomic mass is 35.5. The lowest BCUT2D eigenvalue weighted by Gasteiger charge is -2.11. The molecule has 1 N–H and O–H groups in total. The number of halogens is 2. The van der Waals surface area contributed by atoms with Gasteiger partial charge in [0.15, 0.2) is 5.69 Å². The Labute approximate surface area is 151 Å². The number of aromatic nitrogens is 6. The minimum Gasteiger partial charge on any atom is -0.288 e. The quantitative estimate of drug-likeness (QED) is 0.739. The van der Waals surface area contributed by atoms with Gasteiger partial charge in [0.2, 0.25) is 5.95 Å². The first kappa shape index (κ1) is 17.1. The van der Waals surface area contributed by atoms with E-state index in [0.29, 0.717) is 10.6 Å². The van der Waals surface area contributed by atoms with Gasteiger partial charge in [-0.05, 0) is 28.1 Å². The summed E-state index contributed by atoms with van der Waals surface area (Å²) in [4.78, 5) is 24.9. The molecule has 0 aliphatic rings. The number of anilines is 1. The fourth-order valence-corrected chi connectivity index (χ4v) is 2.65. The van der Waals surface area contributed by atoms with Crippen molar-refractivity contribution >= 4 is 35.1 Å². The summed E-state index contributed by atoms with van der Waals surface area (Å²) in [6.07, 6.45) is 0. The Kier molecular flexibility index (Phi) is 4.51. The van der Waals surface area contributed by atoms with Gasteiger partial charge in [0, 0.05) is 19.1 Å². The van der Waals surface area contributed by atoms with Crippen LogP contribution < -0.4 is 10.9 Å². The van der Waals surface area contributed by atoms with Gasteiger partial charge in [-0.1, -0.05) is 40.4 Å². The molecule has 3 aromatic rings. The SMILES string of the molecule is Cn1nnnc1NC(=O)c1nn(C)c(=O)c(-c2cccc(Cl)c2)c1Cl. The number of rotatable bonds is 3. The zero-order chi connectivity index (χ0) is 18.1. The van der Waals surface area contributed by atoms with Gasteiger partial charge in [-0.25, -0.2) is 9.36 Å². The maximum Gasteiger partial charge on any atom is 0.280 e. The Morgan fingerprint density at radius 2 is 1.96 bits per heavy atom. The van der Waals surface area contributed by atoms with Gasteiger partial charge < -0.3 is 0 Å². The number of hydrogen-bond donors (Lipinski definition) is 1. The van der Waals surface area contributed by atoms with Crippen molar-refractivity contribution in [3.8, 4) is 11.1 Å². The summed E-state index contributed by atoms with van der Waals surface area (Å²) >= 11 is 12.3. The topological polar surface area (TPSA) is 108 Å². The predicted octanol–water partition coefficient (Wildman–Crippen LogP) is 1.53. The molecule has 11 heteroatoms. The van der Waals surface area contributed by atoms with Crippen molar-refractivity contribution < 1.29 is 4.79 Å². The van der Waals surface area contributed by atoms with Crippen molar-refractivity contribution in [2.45, 2.75) is 0 Å². The molecule has 0 aliphatic heterocycles. The van der Waals surface area contributed by atoms with Crippen LogP contribution in [0.4, 0.5) is 5.95 Å². The summed E-state index contributed by atoms with van der Waals surface area (Å²) in [5, 5.41) is 17.5. The average Bonchev–Trinajstić information content (AvgIpc) is 2.96. The Bertz CT molecular complexity index is 1030. The summed E-state index contributed by atoms with van der Waals surface area (Å²) in [5.74, 6) is -0.539. The summed E-state index contributed by atoms with van der Waals surface area (Å²) < 4.78 is 2.30. The van der Waals surface area contributed by atoms with Crippen molar-refractivity contribution in [2.75, 3.05) is 5.32 Å². The van der Waals surface area contributed by atoms with Crippen LogP contribution in [0.5, 0.6) is 0 Å². The zero-order valence-electron chi connectivity index (χ0n) is 13.1. The first-order valence-electron chi connectivity index (χ1n) is 6.95. The van der Waals surface area contributed by atoms with E-state index in [4.69, 9.17) is 23.2 Å². The number of nitrogens with zero attached hydrogens (tertiary/aromatic N) is 6. The number of benzene rings is 1. The minimum atomic E-state index is -0.651. The van der Waals surface area contributed by atoms with Crippen molar-refractivity contribution in [2.24, 2.45) is 14.1 Å². The molecule has 9 nitrogen and oxygen atoms in total. The van der Waals surface area contributed by atoms with Gasteiger partial charge in [-0.2, -0.15) is 5.10 Å². The van der Waals surface area contributed by atoms with E-state index in [0.717, 1.165) is 4.68 Å². The Hall–Kier alpha value is -2.78. The molecule has 0 spiro atoms. The second kappa shape index (κ2) is 6.61. The summed E-state index contributed by atoms with van der Waals surface area (Å²) in [6, 6.07) is 6.60. The first-order chi connectivity index (χ1) is 11.9. The molecule has 0 fully saturated rings. The van der Waals surface area contributed by atoms with Crippen molar-refractivity contribution in [1.29, 1.82) is 0 Å². The second-order valence-corrected chi connectivity index (χ2v) is 5.87. The highest BCUT2D eigenvalue weighted by Crippen LogP contribution is 2.28. The number of tetrazole rings is 1. The predicted molar refractivity (Wildman–Crippen MR) is 91.7 cm³/mol. The van der Waals surface area contributed by atoms with Gasteiger partial charge in [0.25, 0.3) is 11.5 Å². The maximum atomic E-state index is 12.5. The van der Waals surface area contributed by atoms with E-state index < -0.39 is 11.5 Å². The monoisotopic (exact) mass is 379 g/mol. The van der Waals surface area contributed by atoms with Crippen LogP contribution in [0.1, 0.15) is 10.5 Å². The molecule has 3 rings (SSSR count). The molecule has 0 atom stereocenters. The van der Waals surface area contributed by atoms with Gasteiger partial charge in [0.05, 0.1) is 10.6 Å². The largest absolute Gasteiger partial charge is 0.288 e. The van der Waals surface area contributed by atoms with Crippen molar-refractivity contribution in [1.82, 2.24) is 30.0 Å². The van der Waals surface area contributed by atoms with E-state index in [2.05, 4.69) is 25.9 Å². The number of hydrogen-bond acceptors (Lipinski definition) is 6. The van der Waals surface area contributed by atoms with Crippen LogP contribution in [0.3, 0.4) is 0 Å². The molecule has 0 unspecified atom stereocenters. The molecule has 0 radical (unpaired) electrons. The molecular weight excluding hydrogens is 369 g/mol. The average molecular weight is 380 g/mol. The Morgan fingerprint density at radius 3 is 2.60 bits per heavy atom. The molecule has 0 aliphatic carbocycles. The number of amides is 1. The third-order valence-corrected chi connectivity index (χ3v) is 3.96. The molecule has 128 valence electrons. The van der Waals surface area contributed by atoms with E-state index in [1.165, 1.54) is 11.7 Å². The van der Waals surface area contributed by atoms with E-state index in [1.807, 2.05) is 0 Å². The van der Waals surface area contributed by atoms with E-state index in [9.17, 15) is 9.59 Å². The van der Waals surface area contributed by atoms with Crippen LogP contribution in [0.25, 0.3) is 11.1 Å². The number of nitrogens with one attached hydrogen (secondary N) is 1. The molecule has 0 saturated heterocycles.